The molecule has 4 N–H and O–H groups in total. The van der Waals surface area contributed by atoms with Crippen molar-refractivity contribution >= 4 is 19.3 Å². The van der Waals surface area contributed by atoms with E-state index in [9.17, 15) is 19.0 Å². The molecular weight excluding hydrogens is 309 g/mol. The molecule has 2 atom stereocenters. The van der Waals surface area contributed by atoms with Gasteiger partial charge in [0.15, 0.2) is 0 Å². The van der Waals surface area contributed by atoms with Gasteiger partial charge in [-0.1, -0.05) is 30.3 Å². The van der Waals surface area contributed by atoms with Crippen LogP contribution in [0.5, 0.6) is 0 Å². The largest absolute Gasteiger partial charge is 0.481 e. The molecule has 0 spiro atoms. The van der Waals surface area contributed by atoms with E-state index in [4.69, 9.17) is 10.2 Å². The zero-order chi connectivity index (χ0) is 16.6. The van der Waals surface area contributed by atoms with Crippen molar-refractivity contribution in [1.82, 2.24) is 5.32 Å². The van der Waals surface area contributed by atoms with E-state index < -0.39 is 31.4 Å². The van der Waals surface area contributed by atoms with Gasteiger partial charge in [0.2, 0.25) is 7.37 Å². The van der Waals surface area contributed by atoms with Crippen molar-refractivity contribution in [2.45, 2.75) is 19.4 Å². The highest BCUT2D eigenvalue weighted by Crippen LogP contribution is 2.42. The van der Waals surface area contributed by atoms with E-state index in [1.807, 2.05) is 30.3 Å². The Balaban J connectivity index is 2.47. The fraction of sp³-hybridized carbons (Fsp3) is 0.429. The summed E-state index contributed by atoms with van der Waals surface area (Å²) in [4.78, 5) is 31.4. The van der Waals surface area contributed by atoms with E-state index in [0.29, 0.717) is 6.54 Å². The number of aliphatic carboxylic acids is 2. The molecule has 0 heterocycles. The van der Waals surface area contributed by atoms with Crippen molar-refractivity contribution in [3.05, 3.63) is 35.9 Å². The Morgan fingerprint density at radius 1 is 1.18 bits per heavy atom. The molecule has 122 valence electrons. The molecule has 22 heavy (non-hydrogen) atoms. The van der Waals surface area contributed by atoms with Crippen LogP contribution in [-0.4, -0.2) is 39.5 Å². The van der Waals surface area contributed by atoms with Crippen LogP contribution in [-0.2, 0) is 20.7 Å². The predicted octanol–water partition coefficient (Wildman–Crippen LogP) is 1.57. The number of carboxylic acids is 2. The minimum Gasteiger partial charge on any atom is -0.481 e. The third-order valence-corrected chi connectivity index (χ3v) is 4.82. The lowest BCUT2D eigenvalue weighted by Gasteiger charge is -2.17. The average molecular weight is 329 g/mol. The summed E-state index contributed by atoms with van der Waals surface area (Å²) in [6.45, 7) is 0.401. The van der Waals surface area contributed by atoms with Crippen molar-refractivity contribution < 1.29 is 29.3 Å². The van der Waals surface area contributed by atoms with E-state index in [0.717, 1.165) is 5.56 Å². The Morgan fingerprint density at radius 2 is 1.82 bits per heavy atom. The summed E-state index contributed by atoms with van der Waals surface area (Å²) in [7, 11) is -3.68. The molecule has 0 aliphatic carbocycles. The van der Waals surface area contributed by atoms with Crippen LogP contribution in [0.25, 0.3) is 0 Å². The molecule has 1 aromatic rings. The molecule has 0 radical (unpaired) electrons. The zero-order valence-corrected chi connectivity index (χ0v) is 12.9. The summed E-state index contributed by atoms with van der Waals surface area (Å²) in [5.41, 5.74) is 0.947. The standard InChI is InChI=1S/C14H20NO6P/c16-13(17)7-6-12(14(18)19)9-22(20,21)10-15-8-11-4-2-1-3-5-11/h1-5,12,15H,6-10H2,(H,16,17)(H,18,19)(H,20,21). The van der Waals surface area contributed by atoms with E-state index in [-0.39, 0.29) is 19.1 Å². The smallest absolute Gasteiger partial charge is 0.307 e. The van der Waals surface area contributed by atoms with Crippen LogP contribution in [0.15, 0.2) is 30.3 Å². The lowest BCUT2D eigenvalue weighted by Crippen LogP contribution is -2.23. The van der Waals surface area contributed by atoms with Gasteiger partial charge in [-0.05, 0) is 12.0 Å². The van der Waals surface area contributed by atoms with Gasteiger partial charge < -0.3 is 20.4 Å². The summed E-state index contributed by atoms with van der Waals surface area (Å²) in [6, 6.07) is 9.29. The first-order valence-electron chi connectivity index (χ1n) is 6.80. The van der Waals surface area contributed by atoms with Crippen LogP contribution in [0.1, 0.15) is 18.4 Å². The molecule has 1 rings (SSSR count). The summed E-state index contributed by atoms with van der Waals surface area (Å²) < 4.78 is 12.0. The van der Waals surface area contributed by atoms with E-state index in [1.54, 1.807) is 0 Å². The van der Waals surface area contributed by atoms with Gasteiger partial charge in [0, 0.05) is 19.1 Å². The molecule has 0 aliphatic heterocycles. The zero-order valence-electron chi connectivity index (χ0n) is 12.0. The molecule has 8 heteroatoms. The first kappa shape index (κ1) is 18.4. The maximum Gasteiger partial charge on any atom is 0.307 e. The summed E-state index contributed by atoms with van der Waals surface area (Å²) in [5.74, 6) is -3.51. The minimum atomic E-state index is -3.68. The average Bonchev–Trinajstić information content (AvgIpc) is 2.44. The fourth-order valence-electron chi connectivity index (χ4n) is 1.97. The van der Waals surface area contributed by atoms with Gasteiger partial charge in [0.25, 0.3) is 0 Å². The Kier molecular flexibility index (Phi) is 7.24. The summed E-state index contributed by atoms with van der Waals surface area (Å²) in [6.07, 6.45) is -1.14. The number of carboxylic acid groups (broad SMARTS) is 2. The molecule has 0 saturated heterocycles. The van der Waals surface area contributed by atoms with E-state index in [1.165, 1.54) is 0 Å². The highest BCUT2D eigenvalue weighted by Gasteiger charge is 2.28. The highest BCUT2D eigenvalue weighted by atomic mass is 31.2. The van der Waals surface area contributed by atoms with Crippen molar-refractivity contribution in [2.24, 2.45) is 5.92 Å². The molecule has 0 saturated carbocycles. The van der Waals surface area contributed by atoms with Gasteiger partial charge >= 0.3 is 11.9 Å². The third kappa shape index (κ3) is 7.36. The van der Waals surface area contributed by atoms with Crippen LogP contribution in [0.3, 0.4) is 0 Å². The van der Waals surface area contributed by atoms with E-state index >= 15 is 0 Å². The fourth-order valence-corrected chi connectivity index (χ4v) is 3.59. The molecule has 0 aliphatic rings. The Labute approximate surface area is 128 Å². The molecule has 1 aromatic carbocycles. The number of hydrogen-bond donors (Lipinski definition) is 4. The monoisotopic (exact) mass is 329 g/mol. The van der Waals surface area contributed by atoms with Gasteiger partial charge in [-0.2, -0.15) is 0 Å². The van der Waals surface area contributed by atoms with Gasteiger partial charge in [0.05, 0.1) is 12.2 Å². The van der Waals surface area contributed by atoms with Gasteiger partial charge in [0.1, 0.15) is 0 Å². The Morgan fingerprint density at radius 3 is 2.36 bits per heavy atom. The van der Waals surface area contributed by atoms with Crippen LogP contribution in [0.4, 0.5) is 0 Å². The highest BCUT2D eigenvalue weighted by molar-refractivity contribution is 7.57. The second-order valence-corrected chi connectivity index (χ2v) is 7.44. The molecule has 7 nitrogen and oxygen atoms in total. The third-order valence-electron chi connectivity index (χ3n) is 3.09. The molecule has 0 aromatic heterocycles. The molecule has 0 bridgehead atoms. The summed E-state index contributed by atoms with van der Waals surface area (Å²) in [5, 5.41) is 20.4. The molecule has 0 amide bonds. The van der Waals surface area contributed by atoms with Crippen molar-refractivity contribution in [3.8, 4) is 0 Å². The normalized spacial score (nSPS) is 15.0. The first-order chi connectivity index (χ1) is 10.3. The summed E-state index contributed by atoms with van der Waals surface area (Å²) >= 11 is 0. The molecule has 2 unspecified atom stereocenters. The Hall–Kier alpha value is -1.69. The topological polar surface area (TPSA) is 124 Å². The lowest BCUT2D eigenvalue weighted by molar-refractivity contribution is -0.142. The van der Waals surface area contributed by atoms with E-state index in [2.05, 4.69) is 5.32 Å². The Bertz CT molecular complexity index is 548. The van der Waals surface area contributed by atoms with Gasteiger partial charge in [-0.15, -0.1) is 0 Å². The minimum absolute atomic E-state index is 0.159. The van der Waals surface area contributed by atoms with Crippen LogP contribution >= 0.6 is 7.37 Å². The second-order valence-electron chi connectivity index (χ2n) is 5.07. The maximum atomic E-state index is 12.0. The first-order valence-corrected chi connectivity index (χ1v) is 8.83. The number of rotatable bonds is 10. The molecule has 0 fully saturated rings. The maximum absolute atomic E-state index is 12.0. The van der Waals surface area contributed by atoms with Crippen molar-refractivity contribution in [1.29, 1.82) is 0 Å². The van der Waals surface area contributed by atoms with Gasteiger partial charge in [-0.25, -0.2) is 0 Å². The number of nitrogens with one attached hydrogen (secondary N) is 1. The second kappa shape index (κ2) is 8.68. The van der Waals surface area contributed by atoms with Crippen LogP contribution in [0, 0.1) is 5.92 Å². The predicted molar refractivity (Wildman–Crippen MR) is 80.8 cm³/mol. The van der Waals surface area contributed by atoms with Crippen molar-refractivity contribution in [3.63, 3.8) is 0 Å². The number of carbonyl (C=O) groups is 2. The number of hydrogen-bond acceptors (Lipinski definition) is 4. The molecular formula is C14H20NO6P. The number of benzene rings is 1. The van der Waals surface area contributed by atoms with Crippen LogP contribution < -0.4 is 5.32 Å². The van der Waals surface area contributed by atoms with Gasteiger partial charge in [-0.3, -0.25) is 14.2 Å². The quantitative estimate of drug-likeness (QED) is 0.480. The van der Waals surface area contributed by atoms with Crippen molar-refractivity contribution in [2.75, 3.05) is 12.4 Å². The SMILES string of the molecule is O=C(O)CCC(CP(=O)(O)CNCc1ccccc1)C(=O)O. The van der Waals surface area contributed by atoms with Crippen LogP contribution in [0.2, 0.25) is 0 Å². The lowest BCUT2D eigenvalue weighted by atomic mass is 10.1.